The van der Waals surface area contributed by atoms with Crippen LogP contribution in [0.3, 0.4) is 0 Å². The van der Waals surface area contributed by atoms with Crippen LogP contribution in [0, 0.1) is 0 Å². The van der Waals surface area contributed by atoms with Crippen molar-refractivity contribution >= 4 is 18.1 Å². The first-order chi connectivity index (χ1) is 7.20. The van der Waals surface area contributed by atoms with Crippen LogP contribution in [-0.4, -0.2) is 35.3 Å². The highest BCUT2D eigenvalue weighted by atomic mass is 16.6. The summed E-state index contributed by atoms with van der Waals surface area (Å²) in [6.45, 7) is 4.45. The molecule has 0 aliphatic rings. The van der Waals surface area contributed by atoms with Gasteiger partial charge < -0.3 is 15.2 Å². The monoisotopic (exact) mass is 233 g/mol. The molecule has 92 valence electrons. The second-order valence-electron chi connectivity index (χ2n) is 3.83. The van der Waals surface area contributed by atoms with Crippen molar-refractivity contribution in [2.45, 2.75) is 26.4 Å². The Labute approximate surface area is 92.3 Å². The second kappa shape index (κ2) is 5.79. The van der Waals surface area contributed by atoms with E-state index in [-0.39, 0.29) is 0 Å². The average molecular weight is 233 g/mol. The van der Waals surface area contributed by atoms with Gasteiger partial charge in [-0.2, -0.15) is 0 Å². The molecule has 0 saturated heterocycles. The lowest BCUT2D eigenvalue weighted by Crippen LogP contribution is -2.49. The number of carboxylic acid groups (broad SMARTS) is 1. The summed E-state index contributed by atoms with van der Waals surface area (Å²) in [7, 11) is 0. The van der Waals surface area contributed by atoms with Gasteiger partial charge in [0.05, 0.1) is 0 Å². The number of rotatable bonds is 2. The molecule has 0 spiro atoms. The molecule has 0 radical (unpaired) electrons. The summed E-state index contributed by atoms with van der Waals surface area (Å²) in [5.41, 5.74) is 3.19. The van der Waals surface area contributed by atoms with Gasteiger partial charge in [-0.1, -0.05) is 0 Å². The van der Waals surface area contributed by atoms with Crippen LogP contribution in [0.25, 0.3) is 0 Å². The molecule has 0 rings (SSSR count). The molecule has 8 heteroatoms. The molecule has 0 aromatic heterocycles. The number of hydrazine groups is 1. The lowest BCUT2D eigenvalue weighted by molar-refractivity contribution is -0.135. The summed E-state index contributed by atoms with van der Waals surface area (Å²) in [4.78, 5) is 31.9. The number of carboxylic acids is 1. The van der Waals surface area contributed by atoms with Crippen molar-refractivity contribution in [3.8, 4) is 0 Å². The number of hydrogen-bond acceptors (Lipinski definition) is 4. The minimum atomic E-state index is -1.19. The number of aliphatic carboxylic acids is 1. The van der Waals surface area contributed by atoms with Gasteiger partial charge in [-0.05, 0) is 20.8 Å². The first-order valence-electron chi connectivity index (χ1n) is 4.45. The largest absolute Gasteiger partial charge is 0.480 e. The molecular weight excluding hydrogens is 218 g/mol. The van der Waals surface area contributed by atoms with Gasteiger partial charge in [0.25, 0.3) is 0 Å². The highest BCUT2D eigenvalue weighted by molar-refractivity contribution is 5.81. The summed E-state index contributed by atoms with van der Waals surface area (Å²) < 4.78 is 4.80. The van der Waals surface area contributed by atoms with Gasteiger partial charge in [0.15, 0.2) is 0 Å². The van der Waals surface area contributed by atoms with E-state index in [1.807, 2.05) is 16.2 Å². The maximum absolute atomic E-state index is 11.0. The van der Waals surface area contributed by atoms with E-state index in [4.69, 9.17) is 9.84 Å². The molecule has 0 fully saturated rings. The Balaban J connectivity index is 3.76. The summed E-state index contributed by atoms with van der Waals surface area (Å²) in [6.07, 6.45) is -0.835. The predicted octanol–water partition coefficient (Wildman–Crippen LogP) is -0.190. The Morgan fingerprint density at radius 3 is 2.19 bits per heavy atom. The van der Waals surface area contributed by atoms with Gasteiger partial charge in [0, 0.05) is 0 Å². The molecule has 0 atom stereocenters. The molecule has 0 aromatic carbocycles. The van der Waals surface area contributed by atoms with Crippen molar-refractivity contribution in [3.05, 3.63) is 0 Å². The lowest BCUT2D eigenvalue weighted by atomic mass is 10.2. The fourth-order valence-electron chi connectivity index (χ4n) is 0.611. The van der Waals surface area contributed by atoms with E-state index in [9.17, 15) is 14.4 Å². The second-order valence-corrected chi connectivity index (χ2v) is 3.83. The van der Waals surface area contributed by atoms with Crippen LogP contribution in [0.1, 0.15) is 20.8 Å². The van der Waals surface area contributed by atoms with Crippen LogP contribution in [0.4, 0.5) is 9.59 Å². The number of carbonyl (C=O) groups excluding carboxylic acids is 2. The van der Waals surface area contributed by atoms with Crippen molar-refractivity contribution in [2.75, 3.05) is 6.54 Å². The molecule has 0 aromatic rings. The van der Waals surface area contributed by atoms with Gasteiger partial charge in [0.2, 0.25) is 0 Å². The zero-order valence-electron chi connectivity index (χ0n) is 9.29. The molecular formula is C8H15N3O5. The van der Waals surface area contributed by atoms with E-state index in [0.29, 0.717) is 0 Å². The first kappa shape index (κ1) is 14.0. The highest BCUT2D eigenvalue weighted by Crippen LogP contribution is 2.05. The third-order valence-corrected chi connectivity index (χ3v) is 1.08. The Morgan fingerprint density at radius 1 is 1.19 bits per heavy atom. The Hall–Kier alpha value is -1.99. The molecule has 0 bridgehead atoms. The fraction of sp³-hybridized carbons (Fsp3) is 0.625. The number of nitrogens with one attached hydrogen (secondary N) is 3. The summed E-state index contributed by atoms with van der Waals surface area (Å²) in [5.74, 6) is -1.19. The SMILES string of the molecule is CC(C)(C)OC(=O)NNC(=O)NCC(=O)O. The van der Waals surface area contributed by atoms with Crippen LogP contribution >= 0.6 is 0 Å². The maximum Gasteiger partial charge on any atom is 0.426 e. The smallest absolute Gasteiger partial charge is 0.426 e. The van der Waals surface area contributed by atoms with Gasteiger partial charge in [0.1, 0.15) is 12.1 Å². The third-order valence-electron chi connectivity index (χ3n) is 1.08. The number of ether oxygens (including phenoxy) is 1. The van der Waals surface area contributed by atoms with E-state index in [1.54, 1.807) is 20.8 Å². The Morgan fingerprint density at radius 2 is 1.75 bits per heavy atom. The normalized spacial score (nSPS) is 10.2. The fourth-order valence-corrected chi connectivity index (χ4v) is 0.611. The van der Waals surface area contributed by atoms with Crippen LogP contribution in [0.5, 0.6) is 0 Å². The number of urea groups is 1. The molecule has 8 nitrogen and oxygen atoms in total. The van der Waals surface area contributed by atoms with E-state index in [2.05, 4.69) is 0 Å². The molecule has 0 aliphatic heterocycles. The van der Waals surface area contributed by atoms with E-state index < -0.39 is 30.2 Å². The van der Waals surface area contributed by atoms with E-state index in [1.165, 1.54) is 0 Å². The van der Waals surface area contributed by atoms with Crippen molar-refractivity contribution in [2.24, 2.45) is 0 Å². The van der Waals surface area contributed by atoms with Crippen molar-refractivity contribution in [3.63, 3.8) is 0 Å². The zero-order chi connectivity index (χ0) is 12.8. The molecule has 4 N–H and O–H groups in total. The topological polar surface area (TPSA) is 117 Å². The zero-order valence-corrected chi connectivity index (χ0v) is 9.29. The van der Waals surface area contributed by atoms with Crippen LogP contribution in [0.15, 0.2) is 0 Å². The van der Waals surface area contributed by atoms with E-state index >= 15 is 0 Å². The standard InChI is InChI=1S/C8H15N3O5/c1-8(2,3)16-7(15)11-10-6(14)9-4-5(12)13/h4H2,1-3H3,(H,11,15)(H,12,13)(H2,9,10,14). The molecule has 0 heterocycles. The number of hydrogen-bond donors (Lipinski definition) is 4. The minimum absolute atomic E-state index is 0.540. The molecule has 0 saturated carbocycles. The van der Waals surface area contributed by atoms with Crippen LogP contribution in [0.2, 0.25) is 0 Å². The molecule has 16 heavy (non-hydrogen) atoms. The molecule has 0 unspecified atom stereocenters. The van der Waals surface area contributed by atoms with Crippen molar-refractivity contribution in [1.82, 2.24) is 16.2 Å². The quantitative estimate of drug-likeness (QED) is 0.493. The Kier molecular flexibility index (Phi) is 5.07. The van der Waals surface area contributed by atoms with Crippen LogP contribution in [-0.2, 0) is 9.53 Å². The average Bonchev–Trinajstić information content (AvgIpc) is 2.08. The van der Waals surface area contributed by atoms with Crippen molar-refractivity contribution in [1.29, 1.82) is 0 Å². The van der Waals surface area contributed by atoms with E-state index in [0.717, 1.165) is 0 Å². The van der Waals surface area contributed by atoms with Gasteiger partial charge >= 0.3 is 18.1 Å². The van der Waals surface area contributed by atoms with Crippen molar-refractivity contribution < 1.29 is 24.2 Å². The number of amides is 3. The maximum atomic E-state index is 11.0. The lowest BCUT2D eigenvalue weighted by Gasteiger charge is -2.19. The summed E-state index contributed by atoms with van der Waals surface area (Å²) in [6, 6.07) is -0.840. The summed E-state index contributed by atoms with van der Waals surface area (Å²) >= 11 is 0. The Bertz CT molecular complexity index is 284. The predicted molar refractivity (Wildman–Crippen MR) is 53.5 cm³/mol. The first-order valence-corrected chi connectivity index (χ1v) is 4.45. The molecule has 0 aliphatic carbocycles. The van der Waals surface area contributed by atoms with Crippen LogP contribution < -0.4 is 16.2 Å². The third kappa shape index (κ3) is 8.60. The van der Waals surface area contributed by atoms with Gasteiger partial charge in [-0.3, -0.25) is 4.79 Å². The highest BCUT2D eigenvalue weighted by Gasteiger charge is 2.16. The van der Waals surface area contributed by atoms with Gasteiger partial charge in [-0.15, -0.1) is 0 Å². The summed E-state index contributed by atoms with van der Waals surface area (Å²) in [5, 5.41) is 10.2. The van der Waals surface area contributed by atoms with Gasteiger partial charge in [-0.25, -0.2) is 20.4 Å². The molecule has 3 amide bonds. The number of carbonyl (C=O) groups is 3. The minimum Gasteiger partial charge on any atom is -0.480 e.